The molecular formula is C8H6BrClO2. The molecule has 1 rings (SSSR count). The topological polar surface area (TPSA) is 37.3 Å². The molecule has 0 radical (unpaired) electrons. The van der Waals surface area contributed by atoms with Gasteiger partial charge in [-0.25, -0.2) is 0 Å². The van der Waals surface area contributed by atoms with Gasteiger partial charge in [0.25, 0.3) is 0 Å². The van der Waals surface area contributed by atoms with E-state index >= 15 is 0 Å². The summed E-state index contributed by atoms with van der Waals surface area (Å²) in [6.07, 6.45) is 0.0236. The normalized spacial score (nSPS) is 9.83. The molecule has 0 heterocycles. The van der Waals surface area contributed by atoms with Gasteiger partial charge in [0, 0.05) is 4.47 Å². The lowest BCUT2D eigenvalue weighted by Gasteiger charge is -1.99. The third-order valence-electron chi connectivity index (χ3n) is 1.34. The highest BCUT2D eigenvalue weighted by Crippen LogP contribution is 2.23. The molecule has 0 aliphatic rings. The molecule has 12 heavy (non-hydrogen) atoms. The highest BCUT2D eigenvalue weighted by Gasteiger charge is 2.02. The Labute approximate surface area is 83.3 Å². The van der Waals surface area contributed by atoms with Crippen LogP contribution in [0.2, 0.25) is 5.02 Å². The molecule has 1 aromatic carbocycles. The number of halogens is 2. The van der Waals surface area contributed by atoms with Gasteiger partial charge in [-0.05, 0) is 33.6 Å². The monoisotopic (exact) mass is 248 g/mol. The van der Waals surface area contributed by atoms with Gasteiger partial charge < -0.3 is 5.11 Å². The molecule has 0 atom stereocenters. The second-order valence-corrected chi connectivity index (χ2v) is 3.58. The number of benzene rings is 1. The molecule has 0 bridgehead atoms. The Bertz CT molecular complexity index is 312. The van der Waals surface area contributed by atoms with Crippen LogP contribution in [-0.2, 0) is 11.2 Å². The lowest BCUT2D eigenvalue weighted by Crippen LogP contribution is -1.99. The molecular weight excluding hydrogens is 243 g/mol. The third-order valence-corrected chi connectivity index (χ3v) is 2.55. The minimum absolute atomic E-state index is 0.0236. The molecule has 1 aromatic rings. The summed E-state index contributed by atoms with van der Waals surface area (Å²) < 4.78 is 0.725. The third kappa shape index (κ3) is 2.50. The van der Waals surface area contributed by atoms with Crippen molar-refractivity contribution in [1.82, 2.24) is 0 Å². The summed E-state index contributed by atoms with van der Waals surface area (Å²) in [6, 6.07) is 5.07. The van der Waals surface area contributed by atoms with E-state index in [0.717, 1.165) is 10.0 Å². The summed E-state index contributed by atoms with van der Waals surface area (Å²) >= 11 is 8.93. The molecule has 2 nitrogen and oxygen atoms in total. The molecule has 64 valence electrons. The number of aliphatic carboxylic acids is 1. The quantitative estimate of drug-likeness (QED) is 0.875. The maximum Gasteiger partial charge on any atom is 0.307 e. The molecule has 0 fully saturated rings. The first-order valence-electron chi connectivity index (χ1n) is 3.25. The molecule has 0 amide bonds. The van der Waals surface area contributed by atoms with Crippen LogP contribution in [0.1, 0.15) is 5.56 Å². The van der Waals surface area contributed by atoms with Crippen LogP contribution in [0.4, 0.5) is 0 Å². The molecule has 0 aromatic heterocycles. The Hall–Kier alpha value is -0.540. The van der Waals surface area contributed by atoms with Gasteiger partial charge in [-0.15, -0.1) is 0 Å². The van der Waals surface area contributed by atoms with Crippen LogP contribution in [0, 0.1) is 0 Å². The van der Waals surface area contributed by atoms with Crippen LogP contribution >= 0.6 is 27.5 Å². The fourth-order valence-corrected chi connectivity index (χ4v) is 1.37. The minimum Gasteiger partial charge on any atom is -0.481 e. The van der Waals surface area contributed by atoms with Gasteiger partial charge >= 0.3 is 5.97 Å². The van der Waals surface area contributed by atoms with Crippen molar-refractivity contribution in [2.45, 2.75) is 6.42 Å². The zero-order chi connectivity index (χ0) is 9.14. The van der Waals surface area contributed by atoms with E-state index in [4.69, 9.17) is 16.7 Å². The molecule has 0 aliphatic carbocycles. The molecule has 4 heteroatoms. The summed E-state index contributed by atoms with van der Waals surface area (Å²) in [4.78, 5) is 10.3. The maximum atomic E-state index is 10.3. The number of carbonyl (C=O) groups is 1. The molecule has 0 spiro atoms. The summed E-state index contributed by atoms with van der Waals surface area (Å²) in [6.45, 7) is 0. The van der Waals surface area contributed by atoms with Crippen molar-refractivity contribution in [2.24, 2.45) is 0 Å². The van der Waals surface area contributed by atoms with Crippen LogP contribution in [0.15, 0.2) is 22.7 Å². The van der Waals surface area contributed by atoms with E-state index in [0.29, 0.717) is 5.02 Å². The highest BCUT2D eigenvalue weighted by molar-refractivity contribution is 9.10. The smallest absolute Gasteiger partial charge is 0.307 e. The molecule has 0 aliphatic heterocycles. The highest BCUT2D eigenvalue weighted by atomic mass is 79.9. The van der Waals surface area contributed by atoms with E-state index in [9.17, 15) is 4.79 Å². The van der Waals surface area contributed by atoms with Crippen molar-refractivity contribution >= 4 is 33.5 Å². The summed E-state index contributed by atoms with van der Waals surface area (Å²) in [5.74, 6) is -0.843. The van der Waals surface area contributed by atoms with E-state index in [2.05, 4.69) is 15.9 Å². The van der Waals surface area contributed by atoms with Crippen LogP contribution < -0.4 is 0 Å². The van der Waals surface area contributed by atoms with Crippen molar-refractivity contribution in [2.75, 3.05) is 0 Å². The summed E-state index contributed by atoms with van der Waals surface area (Å²) in [5, 5.41) is 9.07. The Balaban J connectivity index is 2.89. The van der Waals surface area contributed by atoms with Crippen LogP contribution in [-0.4, -0.2) is 11.1 Å². The minimum atomic E-state index is -0.843. The number of carboxylic acids is 1. The number of hydrogen-bond donors (Lipinski definition) is 1. The van der Waals surface area contributed by atoms with Crippen LogP contribution in [0.3, 0.4) is 0 Å². The lowest BCUT2D eigenvalue weighted by atomic mass is 10.2. The number of hydrogen-bond acceptors (Lipinski definition) is 1. The van der Waals surface area contributed by atoms with Gasteiger partial charge in [0.1, 0.15) is 0 Å². The van der Waals surface area contributed by atoms with Crippen molar-refractivity contribution in [3.63, 3.8) is 0 Å². The second-order valence-electron chi connectivity index (χ2n) is 2.32. The average molecular weight is 249 g/mol. The maximum absolute atomic E-state index is 10.3. The number of carboxylic acid groups (broad SMARTS) is 1. The van der Waals surface area contributed by atoms with Gasteiger partial charge in [0.15, 0.2) is 0 Å². The Kier molecular flexibility index (Phi) is 3.12. The number of rotatable bonds is 2. The molecule has 1 N–H and O–H groups in total. The Morgan fingerprint density at radius 3 is 2.75 bits per heavy atom. The fraction of sp³-hybridized carbons (Fsp3) is 0.125. The molecule has 0 saturated heterocycles. The van der Waals surface area contributed by atoms with E-state index in [-0.39, 0.29) is 6.42 Å². The first-order valence-corrected chi connectivity index (χ1v) is 4.42. The Morgan fingerprint density at radius 1 is 1.58 bits per heavy atom. The standard InChI is InChI=1S/C8H6BrClO2/c9-6-3-5(4-8(11)12)1-2-7(6)10/h1-3H,4H2,(H,11,12). The van der Waals surface area contributed by atoms with Gasteiger partial charge in [-0.2, -0.15) is 0 Å². The first kappa shape index (κ1) is 9.55. The summed E-state index contributed by atoms with van der Waals surface area (Å²) in [5.41, 5.74) is 0.735. The molecule has 0 unspecified atom stereocenters. The van der Waals surface area contributed by atoms with Gasteiger partial charge in [-0.3, -0.25) is 4.79 Å². The van der Waals surface area contributed by atoms with E-state index in [1.807, 2.05) is 0 Å². The van der Waals surface area contributed by atoms with Gasteiger partial charge in [-0.1, -0.05) is 17.7 Å². The largest absolute Gasteiger partial charge is 0.481 e. The summed E-state index contributed by atoms with van der Waals surface area (Å²) in [7, 11) is 0. The van der Waals surface area contributed by atoms with E-state index in [1.54, 1.807) is 18.2 Å². The zero-order valence-electron chi connectivity index (χ0n) is 6.05. The van der Waals surface area contributed by atoms with Crippen LogP contribution in [0.25, 0.3) is 0 Å². The average Bonchev–Trinajstić information content (AvgIpc) is 1.96. The van der Waals surface area contributed by atoms with E-state index in [1.165, 1.54) is 0 Å². The van der Waals surface area contributed by atoms with E-state index < -0.39 is 5.97 Å². The molecule has 0 saturated carbocycles. The second kappa shape index (κ2) is 3.92. The van der Waals surface area contributed by atoms with Crippen molar-refractivity contribution in [1.29, 1.82) is 0 Å². The first-order chi connectivity index (χ1) is 5.59. The predicted octanol–water partition coefficient (Wildman–Crippen LogP) is 2.73. The lowest BCUT2D eigenvalue weighted by molar-refractivity contribution is -0.136. The SMILES string of the molecule is O=C(O)Cc1ccc(Cl)c(Br)c1. The van der Waals surface area contributed by atoms with Crippen molar-refractivity contribution in [3.05, 3.63) is 33.3 Å². The Morgan fingerprint density at radius 2 is 2.25 bits per heavy atom. The predicted molar refractivity (Wildman–Crippen MR) is 50.5 cm³/mol. The van der Waals surface area contributed by atoms with Gasteiger partial charge in [0.05, 0.1) is 11.4 Å². The van der Waals surface area contributed by atoms with Crippen molar-refractivity contribution in [3.8, 4) is 0 Å². The zero-order valence-corrected chi connectivity index (χ0v) is 8.39. The van der Waals surface area contributed by atoms with Crippen LogP contribution in [0.5, 0.6) is 0 Å². The van der Waals surface area contributed by atoms with Gasteiger partial charge in [0.2, 0.25) is 0 Å². The van der Waals surface area contributed by atoms with Crippen molar-refractivity contribution < 1.29 is 9.90 Å². The fourth-order valence-electron chi connectivity index (χ4n) is 0.824.